The van der Waals surface area contributed by atoms with Crippen LogP contribution in [-0.4, -0.2) is 27.8 Å². The minimum Gasteiger partial charge on any atom is -0.341 e. The van der Waals surface area contributed by atoms with Crippen molar-refractivity contribution in [2.45, 2.75) is 34.2 Å². The van der Waals surface area contributed by atoms with E-state index in [1.54, 1.807) is 12.1 Å². The molecule has 0 saturated heterocycles. The fourth-order valence-electron chi connectivity index (χ4n) is 4.09. The topological polar surface area (TPSA) is 77.7 Å². The van der Waals surface area contributed by atoms with Gasteiger partial charge in [-0.15, -0.1) is 0 Å². The Balaban J connectivity index is 1.85. The number of oxime groups is 1. The SMILES string of the molecule is CCn1c2ccc(C(=O)C(C)=NOC(C)=O)cc2c2cc(C(=O)c3ccccc3C)ccc21. The molecule has 33 heavy (non-hydrogen) atoms. The Morgan fingerprint density at radius 2 is 1.48 bits per heavy atom. The molecule has 0 aliphatic rings. The summed E-state index contributed by atoms with van der Waals surface area (Å²) in [7, 11) is 0. The van der Waals surface area contributed by atoms with Gasteiger partial charge in [0.25, 0.3) is 0 Å². The Morgan fingerprint density at radius 3 is 2.09 bits per heavy atom. The Hall–Kier alpha value is -4.06. The summed E-state index contributed by atoms with van der Waals surface area (Å²) in [5.41, 5.74) is 4.67. The lowest BCUT2D eigenvalue weighted by atomic mass is 9.97. The number of nitrogens with zero attached hydrogens (tertiary/aromatic N) is 2. The number of aryl methyl sites for hydroxylation is 2. The van der Waals surface area contributed by atoms with Gasteiger partial charge in [-0.1, -0.05) is 29.4 Å². The molecule has 4 rings (SSSR count). The van der Waals surface area contributed by atoms with Crippen molar-refractivity contribution in [3.05, 3.63) is 82.9 Å². The maximum atomic E-state index is 13.2. The third-order valence-electron chi connectivity index (χ3n) is 5.73. The monoisotopic (exact) mass is 440 g/mol. The van der Waals surface area contributed by atoms with Crippen LogP contribution in [0.3, 0.4) is 0 Å². The predicted octanol–water partition coefficient (Wildman–Crippen LogP) is 5.48. The van der Waals surface area contributed by atoms with Crippen LogP contribution in [0, 0.1) is 6.92 Å². The molecule has 0 amide bonds. The fourth-order valence-corrected chi connectivity index (χ4v) is 4.09. The molecule has 1 aromatic heterocycles. The van der Waals surface area contributed by atoms with Crippen LogP contribution >= 0.6 is 0 Å². The van der Waals surface area contributed by atoms with Gasteiger partial charge < -0.3 is 9.40 Å². The van der Waals surface area contributed by atoms with Crippen LogP contribution < -0.4 is 0 Å². The van der Waals surface area contributed by atoms with Gasteiger partial charge in [0.2, 0.25) is 5.78 Å². The van der Waals surface area contributed by atoms with Crippen molar-refractivity contribution in [2.75, 3.05) is 0 Å². The van der Waals surface area contributed by atoms with Crippen molar-refractivity contribution < 1.29 is 19.2 Å². The van der Waals surface area contributed by atoms with Crippen LogP contribution in [0.25, 0.3) is 21.8 Å². The molecular formula is C27H24N2O4. The lowest BCUT2D eigenvalue weighted by molar-refractivity contribution is -0.140. The fraction of sp³-hybridized carbons (Fsp3) is 0.185. The van der Waals surface area contributed by atoms with E-state index >= 15 is 0 Å². The van der Waals surface area contributed by atoms with Crippen molar-refractivity contribution >= 4 is 45.1 Å². The van der Waals surface area contributed by atoms with E-state index in [-0.39, 0.29) is 17.3 Å². The van der Waals surface area contributed by atoms with Crippen LogP contribution in [0.5, 0.6) is 0 Å². The van der Waals surface area contributed by atoms with Crippen molar-refractivity contribution in [2.24, 2.45) is 5.16 Å². The standard InChI is InChI=1S/C27H24N2O4/c1-5-29-24-12-10-19(26(31)17(3)28-33-18(4)30)14-22(24)23-15-20(11-13-25(23)29)27(32)21-9-7-6-8-16(21)2/h6-15H,5H2,1-4H3. The molecule has 0 aliphatic heterocycles. The lowest BCUT2D eigenvalue weighted by Crippen LogP contribution is -2.11. The van der Waals surface area contributed by atoms with Gasteiger partial charge in [-0.2, -0.15) is 0 Å². The molecule has 4 aromatic rings. The van der Waals surface area contributed by atoms with Gasteiger partial charge in [-0.3, -0.25) is 9.59 Å². The molecule has 1 heterocycles. The van der Waals surface area contributed by atoms with E-state index in [1.165, 1.54) is 13.8 Å². The predicted molar refractivity (Wildman–Crippen MR) is 129 cm³/mol. The Labute approximate surface area is 191 Å². The molecule has 0 atom stereocenters. The third-order valence-corrected chi connectivity index (χ3v) is 5.73. The highest BCUT2D eigenvalue weighted by atomic mass is 16.7. The molecule has 0 bridgehead atoms. The molecular weight excluding hydrogens is 416 g/mol. The molecule has 0 N–H and O–H groups in total. The van der Waals surface area contributed by atoms with Crippen molar-refractivity contribution in [1.29, 1.82) is 0 Å². The number of ketones is 2. The second-order valence-electron chi connectivity index (χ2n) is 7.94. The van der Waals surface area contributed by atoms with Crippen molar-refractivity contribution in [3.63, 3.8) is 0 Å². The van der Waals surface area contributed by atoms with E-state index in [0.717, 1.165) is 33.9 Å². The number of benzene rings is 3. The summed E-state index contributed by atoms with van der Waals surface area (Å²) in [6, 6.07) is 18.7. The minimum absolute atomic E-state index is 0.0380. The highest BCUT2D eigenvalue weighted by Crippen LogP contribution is 2.31. The van der Waals surface area contributed by atoms with Crippen LogP contribution in [0.4, 0.5) is 0 Å². The first-order chi connectivity index (χ1) is 15.8. The van der Waals surface area contributed by atoms with Gasteiger partial charge in [0, 0.05) is 52.0 Å². The number of Topliss-reactive ketones (excluding diaryl/α,β-unsaturated/α-hetero) is 1. The van der Waals surface area contributed by atoms with Gasteiger partial charge in [-0.25, -0.2) is 4.79 Å². The molecule has 166 valence electrons. The number of fused-ring (bicyclic) bond motifs is 3. The first kappa shape index (κ1) is 22.1. The number of rotatable bonds is 6. The third kappa shape index (κ3) is 4.07. The average molecular weight is 440 g/mol. The number of hydrogen-bond acceptors (Lipinski definition) is 5. The normalized spacial score (nSPS) is 11.7. The maximum absolute atomic E-state index is 13.2. The molecule has 0 unspecified atom stereocenters. The van der Waals surface area contributed by atoms with Crippen molar-refractivity contribution in [3.8, 4) is 0 Å². The van der Waals surface area contributed by atoms with Crippen LogP contribution in [0.1, 0.15) is 52.6 Å². The summed E-state index contributed by atoms with van der Waals surface area (Å²) in [4.78, 5) is 41.6. The summed E-state index contributed by atoms with van der Waals surface area (Å²) in [6.07, 6.45) is 0. The number of hydrogen-bond donors (Lipinski definition) is 0. The molecule has 0 fully saturated rings. The number of carbonyl (C=O) groups is 3. The first-order valence-corrected chi connectivity index (χ1v) is 10.7. The summed E-state index contributed by atoms with van der Waals surface area (Å²) in [5, 5.41) is 5.38. The zero-order valence-corrected chi connectivity index (χ0v) is 19.0. The van der Waals surface area contributed by atoms with Gasteiger partial charge in [0.1, 0.15) is 5.71 Å². The van der Waals surface area contributed by atoms with E-state index in [9.17, 15) is 14.4 Å². The van der Waals surface area contributed by atoms with Gasteiger partial charge in [-0.05, 0) is 62.7 Å². The van der Waals surface area contributed by atoms with Gasteiger partial charge in [0.15, 0.2) is 5.78 Å². The molecule has 3 aromatic carbocycles. The van der Waals surface area contributed by atoms with E-state index < -0.39 is 5.97 Å². The zero-order chi connectivity index (χ0) is 23.7. The average Bonchev–Trinajstić information content (AvgIpc) is 3.14. The number of carbonyl (C=O) groups excluding carboxylic acids is 3. The molecule has 6 heteroatoms. The zero-order valence-electron chi connectivity index (χ0n) is 19.0. The summed E-state index contributed by atoms with van der Waals surface area (Å²) >= 11 is 0. The summed E-state index contributed by atoms with van der Waals surface area (Å²) < 4.78 is 2.15. The molecule has 6 nitrogen and oxygen atoms in total. The van der Waals surface area contributed by atoms with E-state index in [1.807, 2.05) is 55.5 Å². The summed E-state index contributed by atoms with van der Waals surface area (Å²) in [5.74, 6) is -0.957. The van der Waals surface area contributed by atoms with Crippen LogP contribution in [-0.2, 0) is 16.2 Å². The van der Waals surface area contributed by atoms with Crippen molar-refractivity contribution in [1.82, 2.24) is 4.57 Å². The smallest absolute Gasteiger partial charge is 0.331 e. The summed E-state index contributed by atoms with van der Waals surface area (Å²) in [6.45, 7) is 7.45. The molecule has 0 saturated carbocycles. The highest BCUT2D eigenvalue weighted by molar-refractivity contribution is 6.45. The Kier molecular flexibility index (Phi) is 5.92. The lowest BCUT2D eigenvalue weighted by Gasteiger charge is -2.06. The van der Waals surface area contributed by atoms with Gasteiger partial charge in [0.05, 0.1) is 0 Å². The largest absolute Gasteiger partial charge is 0.341 e. The Bertz CT molecular complexity index is 1460. The van der Waals surface area contributed by atoms with Gasteiger partial charge >= 0.3 is 5.97 Å². The van der Waals surface area contributed by atoms with Crippen LogP contribution in [0.15, 0.2) is 65.8 Å². The molecule has 0 spiro atoms. The molecule has 0 radical (unpaired) electrons. The molecule has 0 aliphatic carbocycles. The van der Waals surface area contributed by atoms with E-state index in [0.29, 0.717) is 16.7 Å². The second kappa shape index (κ2) is 8.82. The minimum atomic E-state index is -0.588. The quantitative estimate of drug-likeness (QED) is 0.172. The van der Waals surface area contributed by atoms with E-state index in [4.69, 9.17) is 0 Å². The number of aromatic nitrogens is 1. The second-order valence-corrected chi connectivity index (χ2v) is 7.94. The maximum Gasteiger partial charge on any atom is 0.331 e. The van der Waals surface area contributed by atoms with Crippen LogP contribution in [0.2, 0.25) is 0 Å². The Morgan fingerprint density at radius 1 is 0.879 bits per heavy atom. The van der Waals surface area contributed by atoms with E-state index in [2.05, 4.69) is 21.5 Å². The first-order valence-electron chi connectivity index (χ1n) is 10.7. The highest BCUT2D eigenvalue weighted by Gasteiger charge is 2.18.